The first-order chi connectivity index (χ1) is 8.20. The molecule has 6 heteroatoms. The Morgan fingerprint density at radius 3 is 2.76 bits per heavy atom. The van der Waals surface area contributed by atoms with Crippen LogP contribution in [0.2, 0.25) is 0 Å². The van der Waals surface area contributed by atoms with Gasteiger partial charge in [-0.05, 0) is 18.2 Å². The van der Waals surface area contributed by atoms with Crippen LogP contribution in [0.1, 0.15) is 5.56 Å². The number of anilines is 4. The lowest BCUT2D eigenvalue weighted by Gasteiger charge is -2.10. The van der Waals surface area contributed by atoms with Gasteiger partial charge in [-0.2, -0.15) is 4.98 Å². The summed E-state index contributed by atoms with van der Waals surface area (Å²) >= 11 is 0. The Morgan fingerprint density at radius 1 is 1.24 bits per heavy atom. The number of benzene rings is 1. The predicted molar refractivity (Wildman–Crippen MR) is 68.5 cm³/mol. The second-order valence-corrected chi connectivity index (χ2v) is 3.38. The molecule has 0 amide bonds. The first kappa shape index (κ1) is 10.9. The van der Waals surface area contributed by atoms with Crippen LogP contribution in [0.25, 0.3) is 0 Å². The lowest BCUT2D eigenvalue weighted by molar-refractivity contribution is 1.18. The summed E-state index contributed by atoms with van der Waals surface area (Å²) in [6.45, 7) is 0. The molecule has 0 saturated heterocycles. The van der Waals surface area contributed by atoms with E-state index in [1.165, 1.54) is 6.21 Å². The zero-order valence-corrected chi connectivity index (χ0v) is 9.01. The lowest BCUT2D eigenvalue weighted by atomic mass is 10.1. The fourth-order valence-corrected chi connectivity index (χ4v) is 1.43. The minimum Gasteiger partial charge on any atom is -0.398 e. The Kier molecular flexibility index (Phi) is 2.87. The minimum absolute atomic E-state index is 0.190. The molecular weight excluding hydrogens is 216 g/mol. The third kappa shape index (κ3) is 2.31. The summed E-state index contributed by atoms with van der Waals surface area (Å²) in [7, 11) is 0. The third-order valence-corrected chi connectivity index (χ3v) is 2.22. The van der Waals surface area contributed by atoms with E-state index in [1.54, 1.807) is 24.4 Å². The molecule has 0 unspecified atom stereocenters. The summed E-state index contributed by atoms with van der Waals surface area (Å²) in [5.41, 5.74) is 13.1. The van der Waals surface area contributed by atoms with E-state index in [-0.39, 0.29) is 5.95 Å². The van der Waals surface area contributed by atoms with Gasteiger partial charge in [0.15, 0.2) is 0 Å². The molecule has 0 aliphatic rings. The van der Waals surface area contributed by atoms with Gasteiger partial charge in [-0.25, -0.2) is 4.98 Å². The van der Waals surface area contributed by atoms with Gasteiger partial charge in [0, 0.05) is 23.7 Å². The zero-order valence-electron chi connectivity index (χ0n) is 9.01. The summed E-state index contributed by atoms with van der Waals surface area (Å²) in [6.07, 6.45) is 2.75. The van der Waals surface area contributed by atoms with Crippen LogP contribution in [-0.4, -0.2) is 16.2 Å². The highest BCUT2D eigenvalue weighted by atomic mass is 15.1. The Labute approximate surface area is 98.2 Å². The van der Waals surface area contributed by atoms with Crippen molar-refractivity contribution < 1.29 is 0 Å². The van der Waals surface area contributed by atoms with Crippen molar-refractivity contribution in [3.8, 4) is 0 Å². The first-order valence-corrected chi connectivity index (χ1v) is 4.95. The smallest absolute Gasteiger partial charge is 0.221 e. The molecule has 17 heavy (non-hydrogen) atoms. The molecule has 1 aromatic carbocycles. The van der Waals surface area contributed by atoms with E-state index in [0.717, 1.165) is 0 Å². The average Bonchev–Trinajstić information content (AvgIpc) is 2.29. The van der Waals surface area contributed by atoms with Crippen LogP contribution in [-0.2, 0) is 0 Å². The largest absolute Gasteiger partial charge is 0.398 e. The van der Waals surface area contributed by atoms with Crippen molar-refractivity contribution in [2.45, 2.75) is 0 Å². The van der Waals surface area contributed by atoms with Gasteiger partial charge < -0.3 is 22.2 Å². The fourth-order valence-electron chi connectivity index (χ4n) is 1.43. The SMILES string of the molecule is N=Cc1c(N)cccc1Nc1ccnc(N)n1. The number of nitrogens with one attached hydrogen (secondary N) is 2. The second kappa shape index (κ2) is 4.48. The van der Waals surface area contributed by atoms with Crippen LogP contribution in [0.4, 0.5) is 23.1 Å². The van der Waals surface area contributed by atoms with Crippen LogP contribution in [0.15, 0.2) is 30.5 Å². The summed E-state index contributed by atoms with van der Waals surface area (Å²) in [5.74, 6) is 0.751. The fraction of sp³-hybridized carbons (Fsp3) is 0. The van der Waals surface area contributed by atoms with Crippen LogP contribution in [0.3, 0.4) is 0 Å². The topological polar surface area (TPSA) is 114 Å². The van der Waals surface area contributed by atoms with Crippen LogP contribution < -0.4 is 16.8 Å². The monoisotopic (exact) mass is 228 g/mol. The average molecular weight is 228 g/mol. The molecule has 1 aromatic heterocycles. The Balaban J connectivity index is 2.36. The molecule has 0 spiro atoms. The maximum atomic E-state index is 7.33. The Morgan fingerprint density at radius 2 is 2.06 bits per heavy atom. The summed E-state index contributed by atoms with van der Waals surface area (Å²) in [5, 5.41) is 10.4. The van der Waals surface area contributed by atoms with Gasteiger partial charge in [0.1, 0.15) is 5.82 Å². The first-order valence-electron chi connectivity index (χ1n) is 4.95. The van der Waals surface area contributed by atoms with Gasteiger partial charge in [-0.15, -0.1) is 0 Å². The second-order valence-electron chi connectivity index (χ2n) is 3.38. The maximum absolute atomic E-state index is 7.33. The maximum Gasteiger partial charge on any atom is 0.221 e. The van der Waals surface area contributed by atoms with Crippen molar-refractivity contribution in [3.63, 3.8) is 0 Å². The molecule has 6 nitrogen and oxygen atoms in total. The number of nitrogens with two attached hydrogens (primary N) is 2. The number of aromatic nitrogens is 2. The van der Waals surface area contributed by atoms with E-state index in [0.29, 0.717) is 22.8 Å². The summed E-state index contributed by atoms with van der Waals surface area (Å²) < 4.78 is 0. The van der Waals surface area contributed by atoms with Gasteiger partial charge in [0.2, 0.25) is 5.95 Å². The summed E-state index contributed by atoms with van der Waals surface area (Å²) in [4.78, 5) is 7.81. The molecular formula is C11H12N6. The molecule has 0 atom stereocenters. The van der Waals surface area contributed by atoms with Crippen molar-refractivity contribution in [1.29, 1.82) is 5.41 Å². The van der Waals surface area contributed by atoms with Crippen molar-refractivity contribution in [2.24, 2.45) is 0 Å². The van der Waals surface area contributed by atoms with Gasteiger partial charge in [-0.1, -0.05) is 6.07 Å². The highest BCUT2D eigenvalue weighted by Crippen LogP contribution is 2.22. The molecule has 1 heterocycles. The molecule has 0 fully saturated rings. The van der Waals surface area contributed by atoms with Crippen LogP contribution in [0.5, 0.6) is 0 Å². The third-order valence-electron chi connectivity index (χ3n) is 2.22. The van der Waals surface area contributed by atoms with Crippen molar-refractivity contribution in [2.75, 3.05) is 16.8 Å². The quantitative estimate of drug-likeness (QED) is 0.468. The molecule has 0 radical (unpaired) electrons. The molecule has 0 saturated carbocycles. The molecule has 0 bridgehead atoms. The van der Waals surface area contributed by atoms with Gasteiger partial charge in [0.25, 0.3) is 0 Å². The molecule has 0 aliphatic carbocycles. The van der Waals surface area contributed by atoms with E-state index in [4.69, 9.17) is 16.9 Å². The number of nitrogen functional groups attached to an aromatic ring is 2. The highest BCUT2D eigenvalue weighted by molar-refractivity contribution is 5.93. The molecule has 2 rings (SSSR count). The normalized spacial score (nSPS) is 9.88. The molecule has 2 aromatic rings. The lowest BCUT2D eigenvalue weighted by Crippen LogP contribution is -2.02. The van der Waals surface area contributed by atoms with Crippen LogP contribution >= 0.6 is 0 Å². The van der Waals surface area contributed by atoms with Gasteiger partial charge >= 0.3 is 0 Å². The number of rotatable bonds is 3. The van der Waals surface area contributed by atoms with E-state index in [9.17, 15) is 0 Å². The Hall–Kier alpha value is -2.63. The van der Waals surface area contributed by atoms with Gasteiger partial charge in [-0.3, -0.25) is 0 Å². The standard InChI is InChI=1S/C11H12N6/c12-6-7-8(13)2-1-3-9(7)16-10-4-5-15-11(14)17-10/h1-6,12H,13H2,(H3,14,15,16,17). The van der Waals surface area contributed by atoms with E-state index in [2.05, 4.69) is 15.3 Å². The summed E-state index contributed by atoms with van der Waals surface area (Å²) in [6, 6.07) is 7.04. The van der Waals surface area contributed by atoms with E-state index >= 15 is 0 Å². The van der Waals surface area contributed by atoms with Gasteiger partial charge in [0.05, 0.1) is 5.69 Å². The number of nitrogens with zero attached hydrogens (tertiary/aromatic N) is 2. The van der Waals surface area contributed by atoms with Crippen LogP contribution in [0, 0.1) is 5.41 Å². The van der Waals surface area contributed by atoms with Crippen molar-refractivity contribution in [3.05, 3.63) is 36.0 Å². The van der Waals surface area contributed by atoms with Crippen molar-refractivity contribution in [1.82, 2.24) is 9.97 Å². The molecule has 0 aliphatic heterocycles. The predicted octanol–water partition coefficient (Wildman–Crippen LogP) is 1.38. The Bertz CT molecular complexity index is 551. The van der Waals surface area contributed by atoms with E-state index < -0.39 is 0 Å². The minimum atomic E-state index is 0.190. The highest BCUT2D eigenvalue weighted by Gasteiger charge is 2.04. The number of hydrogen-bond acceptors (Lipinski definition) is 6. The molecule has 6 N–H and O–H groups in total. The van der Waals surface area contributed by atoms with Crippen molar-refractivity contribution >= 4 is 29.4 Å². The van der Waals surface area contributed by atoms with E-state index in [1.807, 2.05) is 6.07 Å². The number of hydrogen-bond donors (Lipinski definition) is 4. The molecule has 86 valence electrons. The zero-order chi connectivity index (χ0) is 12.3.